The van der Waals surface area contributed by atoms with E-state index >= 15 is 0 Å². The van der Waals surface area contributed by atoms with Gasteiger partial charge in [0.1, 0.15) is 22.1 Å². The maximum atomic E-state index is 4.87. The van der Waals surface area contributed by atoms with E-state index in [1.54, 1.807) is 0 Å². The predicted molar refractivity (Wildman–Crippen MR) is 242 cm³/mol. The van der Waals surface area contributed by atoms with Crippen LogP contribution in [0.5, 0.6) is 0 Å². The van der Waals surface area contributed by atoms with Gasteiger partial charge in [-0.25, -0.2) is 0 Å². The lowest BCUT2D eigenvalue weighted by molar-refractivity contribution is 0.544. The van der Waals surface area contributed by atoms with Gasteiger partial charge in [0.05, 0.1) is 23.5 Å². The van der Waals surface area contributed by atoms with E-state index in [9.17, 15) is 0 Å². The van der Waals surface area contributed by atoms with Crippen molar-refractivity contribution in [3.8, 4) is 20.9 Å². The second-order valence-corrected chi connectivity index (χ2v) is 18.7. The first-order valence-electron chi connectivity index (χ1n) is 21.8. The Morgan fingerprint density at radius 3 is 1.04 bits per heavy atom. The molecule has 4 nitrogen and oxygen atoms in total. The molecule has 6 rings (SSSR count). The van der Waals surface area contributed by atoms with Gasteiger partial charge in [-0.2, -0.15) is 17.5 Å². The van der Waals surface area contributed by atoms with Gasteiger partial charge < -0.3 is 0 Å². The van der Waals surface area contributed by atoms with Gasteiger partial charge in [-0.05, 0) is 71.8 Å². The van der Waals surface area contributed by atoms with Crippen molar-refractivity contribution in [1.82, 2.24) is 17.5 Å². The van der Waals surface area contributed by atoms with Crippen molar-refractivity contribution in [2.45, 2.75) is 181 Å². The van der Waals surface area contributed by atoms with Crippen LogP contribution in [0.25, 0.3) is 53.7 Å². The van der Waals surface area contributed by atoms with Crippen LogP contribution in [-0.4, -0.2) is 17.5 Å². The zero-order valence-corrected chi connectivity index (χ0v) is 36.5. The number of aromatic nitrogens is 4. The topological polar surface area (TPSA) is 51.6 Å². The molecule has 0 spiro atoms. The number of rotatable bonds is 28. The largest absolute Gasteiger partial charge is 0.172 e. The van der Waals surface area contributed by atoms with Crippen LogP contribution in [0.1, 0.15) is 179 Å². The summed E-state index contributed by atoms with van der Waals surface area (Å²) < 4.78 is 19.5. The highest BCUT2D eigenvalue weighted by molar-refractivity contribution is 7.14. The molecule has 0 amide bonds. The molecule has 0 saturated carbocycles. The molecule has 8 heteroatoms. The van der Waals surface area contributed by atoms with E-state index in [0.29, 0.717) is 0 Å². The van der Waals surface area contributed by atoms with E-state index in [1.165, 1.54) is 210 Å². The van der Waals surface area contributed by atoms with E-state index in [1.807, 2.05) is 22.7 Å². The smallest absolute Gasteiger partial charge is 0.114 e. The van der Waals surface area contributed by atoms with Crippen LogP contribution in [0.15, 0.2) is 35.0 Å². The Bertz CT molecular complexity index is 1810. The minimum absolute atomic E-state index is 0.993. The first-order chi connectivity index (χ1) is 26.8. The van der Waals surface area contributed by atoms with Gasteiger partial charge >= 0.3 is 0 Å². The number of benzene rings is 2. The number of nitrogens with zero attached hydrogens (tertiary/aromatic N) is 4. The summed E-state index contributed by atoms with van der Waals surface area (Å²) in [6, 6.07) is 9.44. The van der Waals surface area contributed by atoms with Crippen molar-refractivity contribution >= 4 is 79.0 Å². The van der Waals surface area contributed by atoms with Gasteiger partial charge in [0.2, 0.25) is 0 Å². The first-order valence-corrected chi connectivity index (χ1v) is 25.0. The Balaban J connectivity index is 1.02. The minimum Gasteiger partial charge on any atom is -0.172 e. The molecule has 0 N–H and O–H groups in total. The second-order valence-electron chi connectivity index (χ2n) is 15.8. The lowest BCUT2D eigenvalue weighted by atomic mass is 9.98. The molecule has 292 valence electrons. The van der Waals surface area contributed by atoms with Crippen LogP contribution >= 0.6 is 46.1 Å². The number of thiophene rings is 2. The van der Waals surface area contributed by atoms with Crippen molar-refractivity contribution < 1.29 is 0 Å². The van der Waals surface area contributed by atoms with Crippen molar-refractivity contribution in [2.75, 3.05) is 0 Å². The van der Waals surface area contributed by atoms with Crippen LogP contribution in [-0.2, 0) is 12.8 Å². The molecule has 0 radical (unpaired) electrons. The Hall–Kier alpha value is -2.26. The molecule has 54 heavy (non-hydrogen) atoms. The third kappa shape index (κ3) is 11.9. The standard InChI is InChI=1S/C46H64N4S4/c1-3-5-7-9-11-13-15-17-19-21-23-25-27-35-29-41(51-33-35)39-31-37-38(43-45(39)49-53-47-43)32-40(46-44(37)48-54-50-46)42-30-36(34-52-42)28-26-24-22-20-18-16-14-12-10-8-6-4-2/h29-34H,3-28H2,1-2H3. The van der Waals surface area contributed by atoms with E-state index in [-0.39, 0.29) is 0 Å². The number of aryl methyl sites for hydroxylation is 2. The third-order valence-electron chi connectivity index (χ3n) is 11.3. The molecule has 0 unspecified atom stereocenters. The van der Waals surface area contributed by atoms with Gasteiger partial charge in [-0.15, -0.1) is 22.7 Å². The number of fused-ring (bicyclic) bond motifs is 5. The molecule has 4 heterocycles. The van der Waals surface area contributed by atoms with Crippen LogP contribution < -0.4 is 0 Å². The van der Waals surface area contributed by atoms with E-state index in [2.05, 4.69) is 48.9 Å². The fourth-order valence-electron chi connectivity index (χ4n) is 8.07. The van der Waals surface area contributed by atoms with E-state index < -0.39 is 0 Å². The zero-order chi connectivity index (χ0) is 37.2. The fraction of sp³-hybridized carbons (Fsp3) is 0.609. The molecule has 0 aliphatic carbocycles. The Morgan fingerprint density at radius 2 is 0.685 bits per heavy atom. The number of unbranched alkanes of at least 4 members (excludes halogenated alkanes) is 22. The quantitative estimate of drug-likeness (QED) is 0.0464. The highest BCUT2D eigenvalue weighted by atomic mass is 32.1. The Kier molecular flexibility index (Phi) is 17.7. The van der Waals surface area contributed by atoms with E-state index in [4.69, 9.17) is 17.5 Å². The molecule has 0 aliphatic heterocycles. The SMILES string of the molecule is CCCCCCCCCCCCCCc1csc(-c2cc3c(cc(-c4cc(CCCCCCCCCCCCCC)cs4)c4nsnc43)c3nsnc23)c1. The number of hydrogen-bond donors (Lipinski definition) is 0. The summed E-state index contributed by atoms with van der Waals surface area (Å²) >= 11 is 6.34. The molecule has 0 bridgehead atoms. The Labute approximate surface area is 342 Å². The van der Waals surface area contributed by atoms with Crippen LogP contribution in [0.3, 0.4) is 0 Å². The van der Waals surface area contributed by atoms with Crippen LogP contribution in [0.2, 0.25) is 0 Å². The van der Waals surface area contributed by atoms with Gasteiger partial charge in [0.15, 0.2) is 0 Å². The van der Waals surface area contributed by atoms with Crippen molar-refractivity contribution in [1.29, 1.82) is 0 Å². The zero-order valence-electron chi connectivity index (χ0n) is 33.3. The molecule has 0 aliphatic rings. The van der Waals surface area contributed by atoms with Gasteiger partial charge in [0, 0.05) is 31.7 Å². The van der Waals surface area contributed by atoms with Crippen LogP contribution in [0.4, 0.5) is 0 Å². The highest BCUT2D eigenvalue weighted by Crippen LogP contribution is 2.43. The van der Waals surface area contributed by atoms with Gasteiger partial charge in [-0.1, -0.05) is 155 Å². The summed E-state index contributed by atoms with van der Waals surface area (Å²) in [5, 5.41) is 7.00. The van der Waals surface area contributed by atoms with Crippen molar-refractivity contribution in [3.05, 3.63) is 46.2 Å². The summed E-state index contributed by atoms with van der Waals surface area (Å²) in [5.41, 5.74) is 9.27. The highest BCUT2D eigenvalue weighted by Gasteiger charge is 2.20. The monoisotopic (exact) mass is 800 g/mol. The first kappa shape index (κ1) is 41.4. The van der Waals surface area contributed by atoms with Crippen LogP contribution in [0, 0.1) is 0 Å². The molecule has 4 aromatic heterocycles. The normalized spacial score (nSPS) is 12.0. The number of hydrogen-bond acceptors (Lipinski definition) is 8. The molecule has 0 fully saturated rings. The maximum Gasteiger partial charge on any atom is 0.114 e. The minimum atomic E-state index is 0.993. The molecular weight excluding hydrogens is 737 g/mol. The summed E-state index contributed by atoms with van der Waals surface area (Å²) in [6.45, 7) is 4.59. The van der Waals surface area contributed by atoms with Crippen molar-refractivity contribution in [3.63, 3.8) is 0 Å². The summed E-state index contributed by atoms with van der Waals surface area (Å²) in [7, 11) is 0. The molecule has 2 aromatic carbocycles. The summed E-state index contributed by atoms with van der Waals surface area (Å²) in [5.74, 6) is 0. The summed E-state index contributed by atoms with van der Waals surface area (Å²) in [4.78, 5) is 2.56. The van der Waals surface area contributed by atoms with Crippen molar-refractivity contribution in [2.24, 2.45) is 0 Å². The average Bonchev–Trinajstić information content (AvgIpc) is 4.03. The third-order valence-corrected chi connectivity index (χ3v) is 14.4. The van der Waals surface area contributed by atoms with Gasteiger partial charge in [0.25, 0.3) is 0 Å². The molecule has 6 aromatic rings. The second kappa shape index (κ2) is 23.1. The molecule has 0 saturated heterocycles. The molecule has 0 atom stereocenters. The van der Waals surface area contributed by atoms with Gasteiger partial charge in [-0.3, -0.25) is 0 Å². The average molecular weight is 801 g/mol. The lowest BCUT2D eigenvalue weighted by Crippen LogP contribution is -1.87. The van der Waals surface area contributed by atoms with E-state index in [0.717, 1.165) is 45.7 Å². The predicted octanol–water partition coefficient (Wildman–Crippen LogP) is 16.8. The Morgan fingerprint density at radius 1 is 0.370 bits per heavy atom. The maximum absolute atomic E-state index is 4.87. The summed E-state index contributed by atoms with van der Waals surface area (Å²) in [6.07, 6.45) is 35.7. The fourth-order valence-corrected chi connectivity index (χ4v) is 11.1. The molecular formula is C46H64N4S4. The lowest BCUT2D eigenvalue weighted by Gasteiger charge is -2.08.